The van der Waals surface area contributed by atoms with Crippen LogP contribution in [-0.4, -0.2) is 16.9 Å². The second kappa shape index (κ2) is 4.94. The molecule has 0 saturated carbocycles. The Hall–Kier alpha value is -1.61. The molecule has 0 aliphatic heterocycles. The molecule has 0 radical (unpaired) electrons. The van der Waals surface area contributed by atoms with Crippen molar-refractivity contribution in [3.05, 3.63) is 53.7 Å². The highest BCUT2D eigenvalue weighted by atomic mass is 16.3. The van der Waals surface area contributed by atoms with Gasteiger partial charge in [-0.25, -0.2) is 4.98 Å². The number of benzene rings is 1. The van der Waals surface area contributed by atoms with Crippen LogP contribution in [-0.2, 0) is 13.1 Å². The summed E-state index contributed by atoms with van der Waals surface area (Å²) < 4.78 is 5.18. The molecule has 0 amide bonds. The average Bonchev–Trinajstić information content (AvgIpc) is 2.66. The topological polar surface area (TPSA) is 29.3 Å². The molecule has 3 heteroatoms. The van der Waals surface area contributed by atoms with Crippen molar-refractivity contribution >= 4 is 0 Å². The van der Waals surface area contributed by atoms with Crippen LogP contribution in [0.4, 0.5) is 0 Å². The Morgan fingerprint density at radius 1 is 1.19 bits per heavy atom. The lowest BCUT2D eigenvalue weighted by atomic mass is 10.2. The molecule has 0 N–H and O–H groups in total. The van der Waals surface area contributed by atoms with Crippen molar-refractivity contribution in [2.45, 2.75) is 20.0 Å². The van der Waals surface area contributed by atoms with Crippen LogP contribution in [0, 0.1) is 6.92 Å². The maximum atomic E-state index is 5.18. The molecule has 0 aliphatic carbocycles. The number of rotatable bonds is 4. The predicted octanol–water partition coefficient (Wildman–Crippen LogP) is 2.62. The van der Waals surface area contributed by atoms with Crippen LogP contribution in [0.15, 0.2) is 41.1 Å². The monoisotopic (exact) mass is 216 g/mol. The van der Waals surface area contributed by atoms with Crippen molar-refractivity contribution in [1.29, 1.82) is 0 Å². The molecule has 2 rings (SSSR count). The van der Waals surface area contributed by atoms with E-state index in [-0.39, 0.29) is 0 Å². The third-order valence-corrected chi connectivity index (χ3v) is 2.56. The molecule has 0 spiro atoms. The van der Waals surface area contributed by atoms with Crippen molar-refractivity contribution in [2.75, 3.05) is 7.05 Å². The minimum atomic E-state index is 0.817. The molecule has 2 aromatic rings. The van der Waals surface area contributed by atoms with Crippen LogP contribution in [0.3, 0.4) is 0 Å². The molecular formula is C13H16N2O. The van der Waals surface area contributed by atoms with Gasteiger partial charge in [0, 0.05) is 13.1 Å². The van der Waals surface area contributed by atoms with Crippen molar-refractivity contribution in [3.63, 3.8) is 0 Å². The highest BCUT2D eigenvalue weighted by Crippen LogP contribution is 2.09. The molecule has 16 heavy (non-hydrogen) atoms. The van der Waals surface area contributed by atoms with E-state index in [1.54, 1.807) is 0 Å². The minimum Gasteiger partial charge on any atom is -0.448 e. The molecule has 3 nitrogen and oxygen atoms in total. The number of oxazole rings is 1. The predicted molar refractivity (Wildman–Crippen MR) is 62.9 cm³/mol. The van der Waals surface area contributed by atoms with E-state index in [9.17, 15) is 0 Å². The molecule has 1 heterocycles. The Bertz CT molecular complexity index is 436. The summed E-state index contributed by atoms with van der Waals surface area (Å²) in [6, 6.07) is 10.4. The van der Waals surface area contributed by atoms with Crippen molar-refractivity contribution < 1.29 is 4.42 Å². The van der Waals surface area contributed by atoms with Crippen molar-refractivity contribution in [1.82, 2.24) is 9.88 Å². The fourth-order valence-electron chi connectivity index (χ4n) is 1.69. The number of aryl methyl sites for hydroxylation is 1. The number of hydrogen-bond acceptors (Lipinski definition) is 3. The van der Waals surface area contributed by atoms with Gasteiger partial charge in [-0.15, -0.1) is 0 Å². The van der Waals surface area contributed by atoms with Gasteiger partial charge >= 0.3 is 0 Å². The summed E-state index contributed by atoms with van der Waals surface area (Å²) in [7, 11) is 2.08. The first-order valence-electron chi connectivity index (χ1n) is 5.37. The Balaban J connectivity index is 1.95. The summed E-state index contributed by atoms with van der Waals surface area (Å²) in [4.78, 5) is 6.41. The molecule has 1 aromatic heterocycles. The number of nitrogens with zero attached hydrogens (tertiary/aromatic N) is 2. The average molecular weight is 216 g/mol. The molecule has 1 aromatic carbocycles. The lowest BCUT2D eigenvalue weighted by molar-refractivity contribution is 0.313. The quantitative estimate of drug-likeness (QED) is 0.786. The van der Waals surface area contributed by atoms with E-state index >= 15 is 0 Å². The zero-order valence-electron chi connectivity index (χ0n) is 9.68. The van der Waals surface area contributed by atoms with E-state index < -0.39 is 0 Å². The second-order valence-corrected chi connectivity index (χ2v) is 4.01. The van der Waals surface area contributed by atoms with Gasteiger partial charge in [-0.3, -0.25) is 4.90 Å². The van der Waals surface area contributed by atoms with E-state index in [1.165, 1.54) is 12.0 Å². The van der Waals surface area contributed by atoms with E-state index in [0.717, 1.165) is 24.5 Å². The molecule has 0 fully saturated rings. The third-order valence-electron chi connectivity index (χ3n) is 2.56. The molecule has 0 unspecified atom stereocenters. The van der Waals surface area contributed by atoms with E-state index in [0.29, 0.717) is 0 Å². The highest BCUT2D eigenvalue weighted by Gasteiger charge is 2.07. The van der Waals surface area contributed by atoms with Gasteiger partial charge in [0.15, 0.2) is 6.39 Å². The fourth-order valence-corrected chi connectivity index (χ4v) is 1.69. The Morgan fingerprint density at radius 2 is 1.94 bits per heavy atom. The molecule has 0 atom stereocenters. The van der Waals surface area contributed by atoms with Gasteiger partial charge in [0.2, 0.25) is 0 Å². The summed E-state index contributed by atoms with van der Waals surface area (Å²) in [6.45, 7) is 3.68. The lowest BCUT2D eigenvalue weighted by Gasteiger charge is -2.15. The summed E-state index contributed by atoms with van der Waals surface area (Å²) in [6.07, 6.45) is 1.50. The van der Waals surface area contributed by atoms with Gasteiger partial charge in [0.05, 0.1) is 5.69 Å². The Kier molecular flexibility index (Phi) is 3.37. The van der Waals surface area contributed by atoms with Crippen LogP contribution in [0.2, 0.25) is 0 Å². The SMILES string of the molecule is Cc1ocnc1CN(C)Cc1ccccc1. The molecule has 0 saturated heterocycles. The van der Waals surface area contributed by atoms with Crippen LogP contribution in [0.25, 0.3) is 0 Å². The maximum Gasteiger partial charge on any atom is 0.181 e. The maximum absolute atomic E-state index is 5.18. The smallest absolute Gasteiger partial charge is 0.181 e. The first-order chi connectivity index (χ1) is 7.75. The standard InChI is InChI=1S/C13H16N2O/c1-11-13(14-10-16-11)9-15(2)8-12-6-4-3-5-7-12/h3-7,10H,8-9H2,1-2H3. The van der Waals surface area contributed by atoms with Gasteiger partial charge < -0.3 is 4.42 Å². The van der Waals surface area contributed by atoms with Crippen molar-refractivity contribution in [3.8, 4) is 0 Å². The van der Waals surface area contributed by atoms with Gasteiger partial charge in [-0.05, 0) is 19.5 Å². The third kappa shape index (κ3) is 2.70. The highest BCUT2D eigenvalue weighted by molar-refractivity contribution is 5.14. The van der Waals surface area contributed by atoms with Gasteiger partial charge in [0.25, 0.3) is 0 Å². The minimum absolute atomic E-state index is 0.817. The largest absolute Gasteiger partial charge is 0.448 e. The first-order valence-corrected chi connectivity index (χ1v) is 5.37. The van der Waals surface area contributed by atoms with Crippen LogP contribution < -0.4 is 0 Å². The zero-order chi connectivity index (χ0) is 11.4. The van der Waals surface area contributed by atoms with Crippen LogP contribution in [0.1, 0.15) is 17.0 Å². The van der Waals surface area contributed by atoms with Crippen LogP contribution in [0.5, 0.6) is 0 Å². The normalized spacial score (nSPS) is 10.9. The lowest BCUT2D eigenvalue weighted by Crippen LogP contribution is -2.17. The van der Waals surface area contributed by atoms with Gasteiger partial charge in [-0.2, -0.15) is 0 Å². The Morgan fingerprint density at radius 3 is 2.56 bits per heavy atom. The molecule has 84 valence electrons. The summed E-state index contributed by atoms with van der Waals surface area (Å²) >= 11 is 0. The summed E-state index contributed by atoms with van der Waals surface area (Å²) in [5, 5.41) is 0. The number of hydrogen-bond donors (Lipinski definition) is 0. The van der Waals surface area contributed by atoms with Gasteiger partial charge in [0.1, 0.15) is 5.76 Å². The van der Waals surface area contributed by atoms with Gasteiger partial charge in [-0.1, -0.05) is 30.3 Å². The first kappa shape index (κ1) is 10.9. The van der Waals surface area contributed by atoms with E-state index in [2.05, 4.69) is 41.2 Å². The summed E-state index contributed by atoms with van der Waals surface area (Å²) in [5.74, 6) is 0.903. The molecular weight excluding hydrogens is 200 g/mol. The number of aromatic nitrogens is 1. The summed E-state index contributed by atoms with van der Waals surface area (Å²) in [5.41, 5.74) is 2.32. The zero-order valence-corrected chi connectivity index (χ0v) is 9.68. The molecule has 0 bridgehead atoms. The fraction of sp³-hybridized carbons (Fsp3) is 0.308. The molecule has 0 aliphatic rings. The second-order valence-electron chi connectivity index (χ2n) is 4.01. The van der Waals surface area contributed by atoms with Crippen molar-refractivity contribution in [2.24, 2.45) is 0 Å². The Labute approximate surface area is 95.7 Å². The van der Waals surface area contributed by atoms with E-state index in [1.807, 2.05) is 13.0 Å². The van der Waals surface area contributed by atoms with E-state index in [4.69, 9.17) is 4.42 Å². The van der Waals surface area contributed by atoms with Crippen LogP contribution >= 0.6 is 0 Å².